The van der Waals surface area contributed by atoms with E-state index >= 15 is 0 Å². The Hall–Kier alpha value is -5.08. The zero-order chi connectivity index (χ0) is 27.6. The summed E-state index contributed by atoms with van der Waals surface area (Å²) in [5.41, 5.74) is 12.3. The molecule has 0 amide bonds. The van der Waals surface area contributed by atoms with Crippen molar-refractivity contribution in [2.45, 2.75) is 19.3 Å². The first kappa shape index (κ1) is 23.8. The van der Waals surface area contributed by atoms with Crippen LogP contribution in [0.15, 0.2) is 146 Å². The molecule has 41 heavy (non-hydrogen) atoms. The highest BCUT2D eigenvalue weighted by Crippen LogP contribution is 2.52. The molecule has 8 rings (SSSR count). The maximum absolute atomic E-state index is 2.41. The minimum atomic E-state index is -0.143. The highest BCUT2D eigenvalue weighted by Gasteiger charge is 2.36. The van der Waals surface area contributed by atoms with Gasteiger partial charge in [-0.1, -0.05) is 105 Å². The number of benzene rings is 6. The minimum Gasteiger partial charge on any atom is -0.310 e. The van der Waals surface area contributed by atoms with Gasteiger partial charge in [-0.15, -0.1) is 0 Å². The number of nitrogens with zero attached hydrogens (tertiary/aromatic N) is 2. The van der Waals surface area contributed by atoms with Crippen molar-refractivity contribution in [3.63, 3.8) is 0 Å². The Morgan fingerprint density at radius 2 is 1.02 bits per heavy atom. The number of hydrogen-bond acceptors (Lipinski definition) is 1. The molecule has 196 valence electrons. The van der Waals surface area contributed by atoms with Crippen molar-refractivity contribution in [3.8, 4) is 16.8 Å². The summed E-state index contributed by atoms with van der Waals surface area (Å²) in [6.07, 6.45) is 0. The summed E-state index contributed by atoms with van der Waals surface area (Å²) in [6.45, 7) is 4.71. The van der Waals surface area contributed by atoms with Gasteiger partial charge in [0.2, 0.25) is 0 Å². The predicted molar refractivity (Wildman–Crippen MR) is 173 cm³/mol. The Labute approximate surface area is 240 Å². The van der Waals surface area contributed by atoms with Crippen LogP contribution in [0.25, 0.3) is 38.6 Å². The molecule has 1 aliphatic rings. The molecule has 2 heterocycles. The van der Waals surface area contributed by atoms with Gasteiger partial charge in [-0.2, -0.15) is 0 Å². The second-order valence-electron chi connectivity index (χ2n) is 11.5. The minimum absolute atomic E-state index is 0.143. The molecule has 2 nitrogen and oxygen atoms in total. The molecule has 0 saturated carbocycles. The molecule has 0 aliphatic carbocycles. The quantitative estimate of drug-likeness (QED) is 0.222. The summed E-state index contributed by atoms with van der Waals surface area (Å²) in [4.78, 5) is 2.41. The lowest BCUT2D eigenvalue weighted by Gasteiger charge is -2.42. The molecular formula is C39H30N2. The lowest BCUT2D eigenvalue weighted by Crippen LogP contribution is -2.30. The zero-order valence-corrected chi connectivity index (χ0v) is 23.3. The summed E-state index contributed by atoms with van der Waals surface area (Å²) in [7, 11) is 0. The zero-order valence-electron chi connectivity index (χ0n) is 23.3. The molecule has 7 aromatic rings. The fraction of sp³-hybridized carbons (Fsp3) is 0.0769. The van der Waals surface area contributed by atoms with Gasteiger partial charge in [0.15, 0.2) is 0 Å². The molecule has 1 aromatic heterocycles. The second kappa shape index (κ2) is 8.97. The molecular weight excluding hydrogens is 496 g/mol. The Balaban J connectivity index is 1.34. The third-order valence-corrected chi connectivity index (χ3v) is 8.76. The van der Waals surface area contributed by atoms with E-state index in [1.165, 1.54) is 66.8 Å². The summed E-state index contributed by atoms with van der Waals surface area (Å²) >= 11 is 0. The van der Waals surface area contributed by atoms with Gasteiger partial charge in [0.25, 0.3) is 0 Å². The largest absolute Gasteiger partial charge is 0.310 e. The SMILES string of the molecule is CC1(C)c2ccccc2N(c2ccccc2)c2ccc(-c3ccc4c5ccccc5n(-c5ccccc5)c4c3)cc21. The number of aromatic nitrogens is 1. The molecule has 1 aliphatic heterocycles. The summed E-state index contributed by atoms with van der Waals surface area (Å²) < 4.78 is 2.39. The van der Waals surface area contributed by atoms with Gasteiger partial charge < -0.3 is 9.47 Å². The maximum atomic E-state index is 2.41. The van der Waals surface area contributed by atoms with Gasteiger partial charge >= 0.3 is 0 Å². The molecule has 6 aromatic carbocycles. The predicted octanol–water partition coefficient (Wildman–Crippen LogP) is 10.6. The first-order valence-electron chi connectivity index (χ1n) is 14.3. The van der Waals surface area contributed by atoms with Crippen molar-refractivity contribution >= 4 is 38.9 Å². The van der Waals surface area contributed by atoms with E-state index in [9.17, 15) is 0 Å². The average molecular weight is 527 g/mol. The van der Waals surface area contributed by atoms with Gasteiger partial charge in [-0.3, -0.25) is 0 Å². The Bertz CT molecular complexity index is 2070. The van der Waals surface area contributed by atoms with Gasteiger partial charge in [-0.25, -0.2) is 0 Å². The van der Waals surface area contributed by atoms with Crippen molar-refractivity contribution in [1.82, 2.24) is 4.57 Å². The van der Waals surface area contributed by atoms with Gasteiger partial charge in [-0.05, 0) is 76.9 Å². The number of hydrogen-bond donors (Lipinski definition) is 0. The number of para-hydroxylation sites is 4. The Kier molecular flexibility index (Phi) is 5.20. The Morgan fingerprint density at radius 3 is 1.83 bits per heavy atom. The van der Waals surface area contributed by atoms with Crippen LogP contribution in [0.5, 0.6) is 0 Å². The van der Waals surface area contributed by atoms with Gasteiger partial charge in [0.05, 0.1) is 22.4 Å². The lowest BCUT2D eigenvalue weighted by atomic mass is 9.73. The normalized spacial score (nSPS) is 13.8. The molecule has 0 bridgehead atoms. The van der Waals surface area contributed by atoms with Crippen molar-refractivity contribution in [2.75, 3.05) is 4.90 Å². The third-order valence-electron chi connectivity index (χ3n) is 8.76. The maximum Gasteiger partial charge on any atom is 0.0547 e. The Morgan fingerprint density at radius 1 is 0.439 bits per heavy atom. The van der Waals surface area contributed by atoms with Gasteiger partial charge in [0, 0.05) is 27.6 Å². The van der Waals surface area contributed by atoms with Crippen LogP contribution < -0.4 is 4.90 Å². The number of fused-ring (bicyclic) bond motifs is 5. The first-order valence-corrected chi connectivity index (χ1v) is 14.3. The summed E-state index contributed by atoms with van der Waals surface area (Å²) in [6, 6.07) is 52.9. The van der Waals surface area contributed by atoms with Crippen LogP contribution in [0.1, 0.15) is 25.0 Å². The molecule has 0 radical (unpaired) electrons. The van der Waals surface area contributed by atoms with E-state index in [4.69, 9.17) is 0 Å². The van der Waals surface area contributed by atoms with E-state index in [0.29, 0.717) is 0 Å². The molecule has 0 atom stereocenters. The van der Waals surface area contributed by atoms with E-state index in [1.807, 2.05) is 0 Å². The highest BCUT2D eigenvalue weighted by molar-refractivity contribution is 6.10. The topological polar surface area (TPSA) is 8.17 Å². The van der Waals surface area contributed by atoms with E-state index in [1.54, 1.807) is 0 Å². The van der Waals surface area contributed by atoms with Crippen LogP contribution in [-0.4, -0.2) is 4.57 Å². The van der Waals surface area contributed by atoms with E-state index in [-0.39, 0.29) is 5.41 Å². The van der Waals surface area contributed by atoms with Crippen LogP contribution in [0.3, 0.4) is 0 Å². The van der Waals surface area contributed by atoms with E-state index in [2.05, 4.69) is 169 Å². The standard InChI is InChI=1S/C39H30N2/c1-39(2)33-18-10-12-20-36(33)41(30-15-7-4-8-16-30)37-24-22-27(25-34(37)39)28-21-23-32-31-17-9-11-19-35(31)40(38(32)26-28)29-13-5-3-6-14-29/h3-26H,1-2H3. The molecule has 0 unspecified atom stereocenters. The smallest absolute Gasteiger partial charge is 0.0547 e. The van der Waals surface area contributed by atoms with Crippen molar-refractivity contribution in [1.29, 1.82) is 0 Å². The highest BCUT2D eigenvalue weighted by atomic mass is 15.2. The van der Waals surface area contributed by atoms with Crippen LogP contribution in [0.2, 0.25) is 0 Å². The number of anilines is 3. The summed E-state index contributed by atoms with van der Waals surface area (Å²) in [5, 5.41) is 2.55. The first-order chi connectivity index (χ1) is 20.1. The van der Waals surface area contributed by atoms with Crippen LogP contribution in [0.4, 0.5) is 17.1 Å². The van der Waals surface area contributed by atoms with E-state index < -0.39 is 0 Å². The fourth-order valence-electron chi connectivity index (χ4n) is 6.74. The van der Waals surface area contributed by atoms with Crippen LogP contribution in [0, 0.1) is 0 Å². The molecule has 0 spiro atoms. The average Bonchev–Trinajstić information content (AvgIpc) is 3.36. The lowest BCUT2D eigenvalue weighted by molar-refractivity contribution is 0.632. The van der Waals surface area contributed by atoms with Crippen LogP contribution >= 0.6 is 0 Å². The van der Waals surface area contributed by atoms with Crippen LogP contribution in [-0.2, 0) is 5.41 Å². The van der Waals surface area contributed by atoms with Gasteiger partial charge in [0.1, 0.15) is 0 Å². The molecule has 0 fully saturated rings. The monoisotopic (exact) mass is 526 g/mol. The van der Waals surface area contributed by atoms with Crippen molar-refractivity contribution < 1.29 is 0 Å². The second-order valence-corrected chi connectivity index (χ2v) is 11.5. The van der Waals surface area contributed by atoms with E-state index in [0.717, 1.165) is 0 Å². The van der Waals surface area contributed by atoms with Crippen molar-refractivity contribution in [2.24, 2.45) is 0 Å². The van der Waals surface area contributed by atoms with Crippen molar-refractivity contribution in [3.05, 3.63) is 157 Å². The fourth-order valence-corrected chi connectivity index (χ4v) is 6.74. The molecule has 0 N–H and O–H groups in total. The third kappa shape index (κ3) is 3.57. The molecule has 2 heteroatoms. The number of rotatable bonds is 3. The summed E-state index contributed by atoms with van der Waals surface area (Å²) in [5.74, 6) is 0. The molecule has 0 saturated heterocycles.